The van der Waals surface area contributed by atoms with Gasteiger partial charge in [0.05, 0.1) is 18.7 Å². The second kappa shape index (κ2) is 5.15. The minimum Gasteiger partial charge on any atom is -0.480 e. The fourth-order valence-electron chi connectivity index (χ4n) is 1.46. The third kappa shape index (κ3) is 2.66. The molecule has 0 unspecified atom stereocenters. The van der Waals surface area contributed by atoms with Crippen LogP contribution in [0.1, 0.15) is 5.69 Å². The highest BCUT2D eigenvalue weighted by Crippen LogP contribution is 2.11. The van der Waals surface area contributed by atoms with Crippen LogP contribution in [0.3, 0.4) is 0 Å². The van der Waals surface area contributed by atoms with Gasteiger partial charge >= 0.3 is 5.97 Å². The van der Waals surface area contributed by atoms with Crippen molar-refractivity contribution in [3.63, 3.8) is 0 Å². The Morgan fingerprint density at radius 1 is 1.56 bits per heavy atom. The highest BCUT2D eigenvalue weighted by Gasteiger charge is 2.19. The third-order valence-corrected chi connectivity index (χ3v) is 3.07. The fraction of sp³-hybridized carbons (Fsp3) is 0.300. The number of aliphatic carboxylic acids is 1. The first-order chi connectivity index (χ1) is 8.60. The summed E-state index contributed by atoms with van der Waals surface area (Å²) in [7, 11) is 0. The van der Waals surface area contributed by atoms with Gasteiger partial charge in [-0.25, -0.2) is 9.78 Å². The van der Waals surface area contributed by atoms with Crippen LogP contribution in [-0.4, -0.2) is 44.1 Å². The molecule has 0 radical (unpaired) electrons. The van der Waals surface area contributed by atoms with Crippen LogP contribution in [-0.2, 0) is 16.0 Å². The molecule has 2 heterocycles. The minimum atomic E-state index is -1.28. The van der Waals surface area contributed by atoms with Crippen LogP contribution in [0.4, 0.5) is 0 Å². The molecule has 2 aromatic heterocycles. The van der Waals surface area contributed by atoms with E-state index in [4.69, 9.17) is 10.2 Å². The first-order valence-corrected chi connectivity index (χ1v) is 6.02. The van der Waals surface area contributed by atoms with E-state index in [0.29, 0.717) is 5.69 Å². The summed E-state index contributed by atoms with van der Waals surface area (Å²) in [5, 5.41) is 21.5. The monoisotopic (exact) mass is 269 g/mol. The van der Waals surface area contributed by atoms with Crippen molar-refractivity contribution in [1.82, 2.24) is 14.7 Å². The average Bonchev–Trinajstić information content (AvgIpc) is 2.85. The molecule has 0 aliphatic carbocycles. The number of hydrogen-bond acceptors (Lipinski definition) is 5. The molecule has 0 bridgehead atoms. The summed E-state index contributed by atoms with van der Waals surface area (Å²) < 4.78 is 1.79. The highest BCUT2D eigenvalue weighted by atomic mass is 32.1. The molecule has 2 aromatic rings. The van der Waals surface area contributed by atoms with Gasteiger partial charge in [0.15, 0.2) is 4.96 Å². The number of fused-ring (bicyclic) bond motifs is 1. The van der Waals surface area contributed by atoms with E-state index in [2.05, 4.69) is 10.3 Å². The Balaban J connectivity index is 1.99. The van der Waals surface area contributed by atoms with Gasteiger partial charge in [-0.05, 0) is 0 Å². The summed E-state index contributed by atoms with van der Waals surface area (Å²) in [5.74, 6) is -1.75. The predicted octanol–water partition coefficient (Wildman–Crippen LogP) is -0.500. The van der Waals surface area contributed by atoms with E-state index < -0.39 is 24.5 Å². The van der Waals surface area contributed by atoms with Crippen LogP contribution in [0.15, 0.2) is 17.8 Å². The van der Waals surface area contributed by atoms with Gasteiger partial charge in [-0.2, -0.15) is 0 Å². The Kier molecular flexibility index (Phi) is 3.58. The number of nitrogens with zero attached hydrogens (tertiary/aromatic N) is 2. The zero-order valence-electron chi connectivity index (χ0n) is 9.24. The van der Waals surface area contributed by atoms with Gasteiger partial charge in [0.2, 0.25) is 5.91 Å². The number of imidazole rings is 1. The van der Waals surface area contributed by atoms with Crippen molar-refractivity contribution in [2.24, 2.45) is 0 Å². The van der Waals surface area contributed by atoms with Crippen molar-refractivity contribution in [3.8, 4) is 0 Å². The quantitative estimate of drug-likeness (QED) is 0.679. The van der Waals surface area contributed by atoms with Crippen molar-refractivity contribution in [2.45, 2.75) is 12.5 Å². The van der Waals surface area contributed by atoms with Gasteiger partial charge in [-0.1, -0.05) is 0 Å². The highest BCUT2D eigenvalue weighted by molar-refractivity contribution is 7.15. The molecule has 0 saturated heterocycles. The van der Waals surface area contributed by atoms with Crippen molar-refractivity contribution in [2.75, 3.05) is 6.61 Å². The average molecular weight is 269 g/mol. The van der Waals surface area contributed by atoms with Gasteiger partial charge in [0.1, 0.15) is 6.04 Å². The zero-order valence-corrected chi connectivity index (χ0v) is 10.1. The van der Waals surface area contributed by atoms with E-state index in [-0.39, 0.29) is 6.42 Å². The molecule has 0 fully saturated rings. The molecule has 0 spiro atoms. The molecule has 2 rings (SSSR count). The molecule has 1 atom stereocenters. The Morgan fingerprint density at radius 2 is 2.33 bits per heavy atom. The summed E-state index contributed by atoms with van der Waals surface area (Å²) >= 11 is 1.44. The molecular weight excluding hydrogens is 258 g/mol. The lowest BCUT2D eigenvalue weighted by Gasteiger charge is -2.10. The maximum absolute atomic E-state index is 11.6. The van der Waals surface area contributed by atoms with Gasteiger partial charge in [0, 0.05) is 17.8 Å². The number of carbonyl (C=O) groups excluding carboxylic acids is 1. The molecule has 0 aromatic carbocycles. The second-order valence-electron chi connectivity index (χ2n) is 3.64. The van der Waals surface area contributed by atoms with Crippen molar-refractivity contribution in [1.29, 1.82) is 0 Å². The van der Waals surface area contributed by atoms with Crippen LogP contribution in [0.2, 0.25) is 0 Å². The Hall–Kier alpha value is -1.93. The molecule has 3 N–H and O–H groups in total. The normalized spacial score (nSPS) is 12.5. The SMILES string of the molecule is O=C(Cc1cn2ccsc2n1)N[C@@H](CO)C(=O)O. The van der Waals surface area contributed by atoms with Crippen molar-refractivity contribution >= 4 is 28.2 Å². The van der Waals surface area contributed by atoms with Crippen LogP contribution < -0.4 is 5.32 Å². The van der Waals surface area contributed by atoms with Crippen LogP contribution in [0.5, 0.6) is 0 Å². The summed E-state index contributed by atoms with van der Waals surface area (Å²) in [6.07, 6.45) is 3.51. The molecule has 0 aliphatic heterocycles. The number of carbonyl (C=O) groups is 2. The second-order valence-corrected chi connectivity index (χ2v) is 4.52. The summed E-state index contributed by atoms with van der Waals surface area (Å²) in [6.45, 7) is -0.640. The lowest BCUT2D eigenvalue weighted by atomic mass is 10.2. The Morgan fingerprint density at radius 3 is 2.94 bits per heavy atom. The smallest absolute Gasteiger partial charge is 0.328 e. The minimum absolute atomic E-state index is 0.0157. The first-order valence-electron chi connectivity index (χ1n) is 5.14. The van der Waals surface area contributed by atoms with E-state index in [1.165, 1.54) is 11.3 Å². The fourth-order valence-corrected chi connectivity index (χ4v) is 2.18. The van der Waals surface area contributed by atoms with E-state index in [1.807, 2.05) is 11.6 Å². The summed E-state index contributed by atoms with van der Waals surface area (Å²) in [5.41, 5.74) is 0.557. The van der Waals surface area contributed by atoms with Crippen molar-refractivity contribution < 1.29 is 19.8 Å². The van der Waals surface area contributed by atoms with Crippen LogP contribution in [0, 0.1) is 0 Å². The van der Waals surface area contributed by atoms with Gasteiger partial charge < -0.3 is 15.5 Å². The van der Waals surface area contributed by atoms with Gasteiger partial charge in [0.25, 0.3) is 0 Å². The number of carboxylic acids is 1. The number of amides is 1. The van der Waals surface area contributed by atoms with Crippen molar-refractivity contribution in [3.05, 3.63) is 23.5 Å². The molecule has 0 saturated carbocycles. The molecule has 18 heavy (non-hydrogen) atoms. The maximum atomic E-state index is 11.6. The number of nitrogens with one attached hydrogen (secondary N) is 1. The lowest BCUT2D eigenvalue weighted by molar-refractivity contribution is -0.142. The molecule has 0 aliphatic rings. The topological polar surface area (TPSA) is 104 Å². The largest absolute Gasteiger partial charge is 0.480 e. The van der Waals surface area contributed by atoms with Crippen LogP contribution >= 0.6 is 11.3 Å². The van der Waals surface area contributed by atoms with E-state index in [1.54, 1.807) is 10.6 Å². The number of rotatable bonds is 5. The Bertz CT molecular complexity index is 548. The maximum Gasteiger partial charge on any atom is 0.328 e. The standard InChI is InChI=1S/C10H11N3O4S/c14-5-7(9(16)17)12-8(15)3-6-4-13-1-2-18-10(13)11-6/h1-2,4,7,14H,3,5H2,(H,12,15)(H,16,17)/t7-/m0/s1. The summed E-state index contributed by atoms with van der Waals surface area (Å²) in [4.78, 5) is 27.2. The number of carboxylic acid groups (broad SMARTS) is 1. The van der Waals surface area contributed by atoms with Gasteiger partial charge in [-0.15, -0.1) is 11.3 Å². The molecule has 7 nitrogen and oxygen atoms in total. The van der Waals surface area contributed by atoms with E-state index in [9.17, 15) is 9.59 Å². The number of thiazole rings is 1. The number of aliphatic hydroxyl groups excluding tert-OH is 1. The third-order valence-electron chi connectivity index (χ3n) is 2.30. The van der Waals surface area contributed by atoms with Gasteiger partial charge in [-0.3, -0.25) is 9.20 Å². The van der Waals surface area contributed by atoms with E-state index in [0.717, 1.165) is 4.96 Å². The van der Waals surface area contributed by atoms with E-state index >= 15 is 0 Å². The zero-order chi connectivity index (χ0) is 13.1. The summed E-state index contributed by atoms with van der Waals surface area (Å²) in [6, 6.07) is -1.28. The number of aliphatic hydroxyl groups is 1. The lowest BCUT2D eigenvalue weighted by Crippen LogP contribution is -2.43. The Labute approximate surface area is 106 Å². The molecule has 1 amide bonds. The molecular formula is C10H11N3O4S. The predicted molar refractivity (Wildman–Crippen MR) is 63.4 cm³/mol. The first kappa shape index (κ1) is 12.5. The van der Waals surface area contributed by atoms with Crippen LogP contribution in [0.25, 0.3) is 4.96 Å². The molecule has 96 valence electrons. The molecule has 8 heteroatoms. The number of aromatic nitrogens is 2. The number of hydrogen-bond donors (Lipinski definition) is 3.